The van der Waals surface area contributed by atoms with Crippen molar-refractivity contribution in [3.63, 3.8) is 0 Å². The third-order valence-corrected chi connectivity index (χ3v) is 5.38. The van der Waals surface area contributed by atoms with Gasteiger partial charge in [0.2, 0.25) is 5.88 Å². The second-order valence-corrected chi connectivity index (χ2v) is 7.08. The minimum Gasteiger partial charge on any atom is -0.494 e. The summed E-state index contributed by atoms with van der Waals surface area (Å²) in [5.74, 6) is -0.395. The number of aromatic nitrogens is 2. The molecule has 0 saturated heterocycles. The number of H-pyrrole nitrogens is 1. The Labute approximate surface area is 167 Å². The van der Waals surface area contributed by atoms with Gasteiger partial charge in [-0.25, -0.2) is 9.36 Å². The quantitative estimate of drug-likeness (QED) is 0.719. The summed E-state index contributed by atoms with van der Waals surface area (Å²) in [6, 6.07) is 11.4. The highest BCUT2D eigenvalue weighted by atomic mass is 16.3. The van der Waals surface area contributed by atoms with Crippen LogP contribution in [0.1, 0.15) is 34.7 Å². The van der Waals surface area contributed by atoms with Gasteiger partial charge >= 0.3 is 5.69 Å². The number of benzene rings is 2. The molecule has 6 heteroatoms. The lowest BCUT2D eigenvalue weighted by Crippen LogP contribution is -2.30. The van der Waals surface area contributed by atoms with E-state index in [9.17, 15) is 14.7 Å². The lowest BCUT2D eigenvalue weighted by Gasteiger charge is -2.14. The Morgan fingerprint density at radius 1 is 1.14 bits per heavy atom. The Morgan fingerprint density at radius 2 is 1.90 bits per heavy atom. The van der Waals surface area contributed by atoms with Gasteiger partial charge in [0.1, 0.15) is 5.56 Å². The zero-order valence-corrected chi connectivity index (χ0v) is 16.5. The monoisotopic (exact) mass is 387 g/mol. The molecule has 0 unspecified atom stereocenters. The number of rotatable bonds is 3. The first kappa shape index (κ1) is 18.7. The van der Waals surface area contributed by atoms with Gasteiger partial charge < -0.3 is 5.11 Å². The molecule has 0 saturated carbocycles. The first-order chi connectivity index (χ1) is 13.9. The smallest absolute Gasteiger partial charge is 0.335 e. The third kappa shape index (κ3) is 3.02. The molecule has 1 aromatic heterocycles. The van der Waals surface area contributed by atoms with Crippen molar-refractivity contribution in [3.8, 4) is 11.6 Å². The minimum absolute atomic E-state index is 0.0155. The number of nitrogens with zero attached hydrogens (tertiary/aromatic N) is 2. The van der Waals surface area contributed by atoms with E-state index in [1.54, 1.807) is 24.4 Å². The predicted octanol–water partition coefficient (Wildman–Crippen LogP) is 3.67. The predicted molar refractivity (Wildman–Crippen MR) is 116 cm³/mol. The Morgan fingerprint density at radius 3 is 2.66 bits per heavy atom. The summed E-state index contributed by atoms with van der Waals surface area (Å²) in [6.07, 6.45) is 4.09. The third-order valence-electron chi connectivity index (χ3n) is 5.38. The zero-order chi connectivity index (χ0) is 20.7. The van der Waals surface area contributed by atoms with E-state index in [0.29, 0.717) is 11.3 Å². The molecule has 6 nitrogen and oxygen atoms in total. The minimum atomic E-state index is -0.683. The van der Waals surface area contributed by atoms with Crippen molar-refractivity contribution in [3.05, 3.63) is 85.1 Å². The van der Waals surface area contributed by atoms with Gasteiger partial charge in [0, 0.05) is 17.4 Å². The first-order valence-corrected chi connectivity index (χ1v) is 9.45. The molecule has 0 aliphatic carbocycles. The fourth-order valence-corrected chi connectivity index (χ4v) is 3.61. The van der Waals surface area contributed by atoms with Gasteiger partial charge in [0.15, 0.2) is 0 Å². The van der Waals surface area contributed by atoms with Crippen LogP contribution in [0.3, 0.4) is 0 Å². The fourth-order valence-electron chi connectivity index (χ4n) is 3.61. The van der Waals surface area contributed by atoms with Crippen LogP contribution in [-0.4, -0.2) is 20.9 Å². The van der Waals surface area contributed by atoms with Crippen molar-refractivity contribution in [2.24, 2.45) is 4.99 Å². The Bertz CT molecular complexity index is 1310. The molecule has 29 heavy (non-hydrogen) atoms. The number of fused-ring (bicyclic) bond motifs is 1. The summed E-state index contributed by atoms with van der Waals surface area (Å²) in [5.41, 5.74) is 4.63. The highest BCUT2D eigenvalue weighted by Crippen LogP contribution is 2.36. The molecular formula is C23H21N3O3. The molecule has 2 N–H and O–H groups in total. The van der Waals surface area contributed by atoms with E-state index in [4.69, 9.17) is 0 Å². The molecule has 0 atom stereocenters. The second-order valence-electron chi connectivity index (χ2n) is 7.08. The maximum Gasteiger partial charge on any atom is 0.335 e. The van der Waals surface area contributed by atoms with Crippen molar-refractivity contribution in [1.82, 2.24) is 9.55 Å². The van der Waals surface area contributed by atoms with E-state index in [0.717, 1.165) is 38.9 Å². The van der Waals surface area contributed by atoms with Gasteiger partial charge in [-0.05, 0) is 49.1 Å². The van der Waals surface area contributed by atoms with Crippen molar-refractivity contribution < 1.29 is 5.11 Å². The summed E-state index contributed by atoms with van der Waals surface area (Å²) in [7, 11) is 0. The molecule has 2 heterocycles. The molecule has 146 valence electrons. The normalized spacial score (nSPS) is 13.8. The SMILES string of the molecule is CCc1cccc2c1N=CC2=Cc1c(O)n(-c2cccc(C)c2C)c(=O)[nH]c1=O. The van der Waals surface area contributed by atoms with E-state index in [1.807, 2.05) is 38.1 Å². The van der Waals surface area contributed by atoms with Crippen molar-refractivity contribution >= 4 is 23.6 Å². The number of aryl methyl sites for hydroxylation is 2. The standard InChI is InChI=1S/C23H21N3O3/c1-4-15-8-6-9-17-16(12-24-20(15)17)11-18-21(27)25-23(29)26(22(18)28)19-10-5-7-13(2)14(19)3/h5-12,28H,4H2,1-3H3,(H,25,27,29). The van der Waals surface area contributed by atoms with E-state index in [1.165, 1.54) is 0 Å². The molecule has 1 aliphatic heterocycles. The number of hydrogen-bond acceptors (Lipinski definition) is 4. The topological polar surface area (TPSA) is 87.4 Å². The summed E-state index contributed by atoms with van der Waals surface area (Å²) in [6.45, 7) is 5.85. The molecule has 3 aromatic rings. The zero-order valence-electron chi connectivity index (χ0n) is 16.5. The average Bonchev–Trinajstić information content (AvgIpc) is 3.11. The lowest BCUT2D eigenvalue weighted by atomic mass is 10.0. The summed E-state index contributed by atoms with van der Waals surface area (Å²) >= 11 is 0. The van der Waals surface area contributed by atoms with Gasteiger partial charge in [-0.3, -0.25) is 14.8 Å². The molecular weight excluding hydrogens is 366 g/mol. The van der Waals surface area contributed by atoms with Gasteiger partial charge in [-0.15, -0.1) is 0 Å². The van der Waals surface area contributed by atoms with Crippen LogP contribution in [0.4, 0.5) is 5.69 Å². The number of allylic oxidation sites excluding steroid dienone is 1. The average molecular weight is 387 g/mol. The summed E-state index contributed by atoms with van der Waals surface area (Å²) in [5, 5.41) is 10.9. The number of aromatic hydroxyl groups is 1. The molecule has 0 spiro atoms. The Kier molecular flexibility index (Phi) is 4.54. The van der Waals surface area contributed by atoms with E-state index >= 15 is 0 Å². The van der Waals surface area contributed by atoms with Crippen molar-refractivity contribution in [1.29, 1.82) is 0 Å². The molecule has 4 rings (SSSR count). The molecule has 0 fully saturated rings. The van der Waals surface area contributed by atoms with Crippen LogP contribution >= 0.6 is 0 Å². The highest BCUT2D eigenvalue weighted by Gasteiger charge is 2.19. The fraction of sp³-hybridized carbons (Fsp3) is 0.174. The van der Waals surface area contributed by atoms with Crippen LogP contribution in [0.15, 0.2) is 51.0 Å². The number of aliphatic imine (C=N–C) groups is 1. The summed E-state index contributed by atoms with van der Waals surface area (Å²) in [4.78, 5) is 31.8. The largest absolute Gasteiger partial charge is 0.494 e. The highest BCUT2D eigenvalue weighted by molar-refractivity contribution is 6.21. The van der Waals surface area contributed by atoms with Gasteiger partial charge in [-0.2, -0.15) is 0 Å². The van der Waals surface area contributed by atoms with Gasteiger partial charge in [-0.1, -0.05) is 37.3 Å². The summed E-state index contributed by atoms with van der Waals surface area (Å²) < 4.78 is 1.13. The molecule has 2 aromatic carbocycles. The van der Waals surface area contributed by atoms with Crippen LogP contribution < -0.4 is 11.2 Å². The van der Waals surface area contributed by atoms with Crippen molar-refractivity contribution in [2.75, 3.05) is 0 Å². The molecule has 0 radical (unpaired) electrons. The van der Waals surface area contributed by atoms with Crippen LogP contribution in [0.2, 0.25) is 0 Å². The Balaban J connectivity index is 1.94. The van der Waals surface area contributed by atoms with Crippen LogP contribution in [0, 0.1) is 13.8 Å². The number of nitrogens with one attached hydrogen (secondary N) is 1. The van der Waals surface area contributed by atoms with Gasteiger partial charge in [0.05, 0.1) is 11.4 Å². The van der Waals surface area contributed by atoms with E-state index < -0.39 is 17.1 Å². The number of aromatic amines is 1. The molecule has 0 bridgehead atoms. The Hall–Kier alpha value is -3.67. The molecule has 1 aliphatic rings. The van der Waals surface area contributed by atoms with E-state index in [2.05, 4.69) is 16.9 Å². The van der Waals surface area contributed by atoms with Crippen molar-refractivity contribution in [2.45, 2.75) is 27.2 Å². The molecule has 0 amide bonds. The van der Waals surface area contributed by atoms with Crippen LogP contribution in [0.5, 0.6) is 5.88 Å². The maximum atomic E-state index is 12.5. The lowest BCUT2D eigenvalue weighted by molar-refractivity contribution is 0.429. The van der Waals surface area contributed by atoms with Crippen LogP contribution in [0.25, 0.3) is 17.3 Å². The van der Waals surface area contributed by atoms with Crippen LogP contribution in [-0.2, 0) is 6.42 Å². The second kappa shape index (κ2) is 7.05. The maximum absolute atomic E-state index is 12.5. The van der Waals surface area contributed by atoms with E-state index in [-0.39, 0.29) is 5.56 Å². The number of hydrogen-bond donors (Lipinski definition) is 2. The van der Waals surface area contributed by atoms with Gasteiger partial charge in [0.25, 0.3) is 5.56 Å². The first-order valence-electron chi connectivity index (χ1n) is 9.45. The number of para-hydroxylation sites is 1.